The van der Waals surface area contributed by atoms with Crippen LogP contribution < -0.4 is 10.1 Å². The Morgan fingerprint density at radius 3 is 2.79 bits per heavy atom. The molecule has 2 aromatic carbocycles. The predicted octanol–water partition coefficient (Wildman–Crippen LogP) is 3.86. The summed E-state index contributed by atoms with van der Waals surface area (Å²) in [6, 6.07) is 15.1. The van der Waals surface area contributed by atoms with Crippen LogP contribution in [-0.4, -0.2) is 12.6 Å². The van der Waals surface area contributed by atoms with E-state index in [1.54, 1.807) is 0 Å². The Kier molecular flexibility index (Phi) is 2.47. The molecule has 2 aliphatic rings. The zero-order valence-electron chi connectivity index (χ0n) is 10.9. The van der Waals surface area contributed by atoms with Gasteiger partial charge in [0.25, 0.3) is 0 Å². The lowest BCUT2D eigenvalue weighted by molar-refractivity contribution is 0.303. The molecule has 2 nitrogen and oxygen atoms in total. The van der Waals surface area contributed by atoms with Gasteiger partial charge in [-0.05, 0) is 54.2 Å². The van der Waals surface area contributed by atoms with Gasteiger partial charge < -0.3 is 10.1 Å². The predicted molar refractivity (Wildman–Crippen MR) is 77.7 cm³/mol. The summed E-state index contributed by atoms with van der Waals surface area (Å²) in [4.78, 5) is 0. The van der Waals surface area contributed by atoms with Crippen molar-refractivity contribution >= 4 is 5.69 Å². The summed E-state index contributed by atoms with van der Waals surface area (Å²) >= 11 is 0. The molecule has 0 saturated heterocycles. The fourth-order valence-corrected chi connectivity index (χ4v) is 2.60. The van der Waals surface area contributed by atoms with Crippen LogP contribution in [0.3, 0.4) is 0 Å². The van der Waals surface area contributed by atoms with Crippen molar-refractivity contribution < 1.29 is 4.74 Å². The highest BCUT2D eigenvalue weighted by Gasteiger charge is 2.23. The lowest BCUT2D eigenvalue weighted by Gasteiger charge is -2.08. The summed E-state index contributed by atoms with van der Waals surface area (Å²) in [5, 5.41) is 3.44. The number of nitrogens with one attached hydrogen (secondary N) is 1. The third-order valence-electron chi connectivity index (χ3n) is 3.81. The SMILES string of the molecule is c1cc(OC2CC2)cc(-c2ccc3c(c2)NCC3)c1. The molecule has 1 aliphatic carbocycles. The van der Waals surface area contributed by atoms with Crippen LogP contribution in [0.1, 0.15) is 18.4 Å². The van der Waals surface area contributed by atoms with Crippen molar-refractivity contribution in [3.05, 3.63) is 48.0 Å². The van der Waals surface area contributed by atoms with Crippen LogP contribution in [0.15, 0.2) is 42.5 Å². The van der Waals surface area contributed by atoms with Crippen molar-refractivity contribution in [3.8, 4) is 16.9 Å². The summed E-state index contributed by atoms with van der Waals surface area (Å²) in [6.45, 7) is 1.06. The van der Waals surface area contributed by atoms with Gasteiger partial charge in [0.1, 0.15) is 5.75 Å². The van der Waals surface area contributed by atoms with Gasteiger partial charge in [0.2, 0.25) is 0 Å². The Bertz CT molecular complexity index is 616. The quantitative estimate of drug-likeness (QED) is 0.894. The Balaban J connectivity index is 1.67. The molecular formula is C17H17NO. The summed E-state index contributed by atoms with van der Waals surface area (Å²) in [5.74, 6) is 0.994. The average molecular weight is 251 g/mol. The van der Waals surface area contributed by atoms with E-state index >= 15 is 0 Å². The second-order valence-electron chi connectivity index (χ2n) is 5.39. The molecule has 19 heavy (non-hydrogen) atoms. The lowest BCUT2D eigenvalue weighted by Crippen LogP contribution is -1.95. The average Bonchev–Trinajstić information content (AvgIpc) is 3.13. The summed E-state index contributed by atoms with van der Waals surface area (Å²) in [6.07, 6.45) is 4.00. The molecular weight excluding hydrogens is 234 g/mol. The van der Waals surface area contributed by atoms with E-state index in [4.69, 9.17) is 4.74 Å². The summed E-state index contributed by atoms with van der Waals surface area (Å²) in [7, 11) is 0. The monoisotopic (exact) mass is 251 g/mol. The number of anilines is 1. The highest BCUT2D eigenvalue weighted by molar-refractivity contribution is 5.72. The van der Waals surface area contributed by atoms with Crippen LogP contribution in [0.2, 0.25) is 0 Å². The molecule has 4 rings (SSSR count). The maximum Gasteiger partial charge on any atom is 0.120 e. The van der Waals surface area contributed by atoms with Crippen LogP contribution in [0.25, 0.3) is 11.1 Å². The Labute approximate surface area is 113 Å². The van der Waals surface area contributed by atoms with Gasteiger partial charge >= 0.3 is 0 Å². The van der Waals surface area contributed by atoms with E-state index in [-0.39, 0.29) is 0 Å². The largest absolute Gasteiger partial charge is 0.490 e. The molecule has 1 heterocycles. The molecule has 0 unspecified atom stereocenters. The standard InChI is InChI=1S/C17H17NO/c1-2-13(10-16(3-1)19-15-6-7-15)14-5-4-12-8-9-18-17(12)11-14/h1-5,10-11,15,18H,6-9H2. The number of fused-ring (bicyclic) bond motifs is 1. The van der Waals surface area contributed by atoms with Gasteiger partial charge in [0, 0.05) is 12.2 Å². The van der Waals surface area contributed by atoms with E-state index < -0.39 is 0 Å². The van der Waals surface area contributed by atoms with Gasteiger partial charge in [-0.2, -0.15) is 0 Å². The molecule has 0 aromatic heterocycles. The van der Waals surface area contributed by atoms with Crippen LogP contribution in [0.4, 0.5) is 5.69 Å². The first-order valence-electron chi connectivity index (χ1n) is 7.02. The third-order valence-corrected chi connectivity index (χ3v) is 3.81. The van der Waals surface area contributed by atoms with Crippen molar-refractivity contribution in [3.63, 3.8) is 0 Å². The Morgan fingerprint density at radius 1 is 1.00 bits per heavy atom. The Hall–Kier alpha value is -1.96. The van der Waals surface area contributed by atoms with Crippen molar-refractivity contribution in [2.45, 2.75) is 25.4 Å². The number of hydrogen-bond donors (Lipinski definition) is 1. The highest BCUT2D eigenvalue weighted by Crippen LogP contribution is 2.32. The van der Waals surface area contributed by atoms with Crippen molar-refractivity contribution in [1.29, 1.82) is 0 Å². The minimum absolute atomic E-state index is 0.455. The van der Waals surface area contributed by atoms with Gasteiger partial charge in [-0.15, -0.1) is 0 Å². The third kappa shape index (κ3) is 2.19. The van der Waals surface area contributed by atoms with E-state index in [0.29, 0.717) is 6.10 Å². The van der Waals surface area contributed by atoms with E-state index in [1.165, 1.54) is 35.2 Å². The van der Waals surface area contributed by atoms with Gasteiger partial charge in [-0.25, -0.2) is 0 Å². The zero-order chi connectivity index (χ0) is 12.7. The van der Waals surface area contributed by atoms with Crippen LogP contribution in [0.5, 0.6) is 5.75 Å². The van der Waals surface area contributed by atoms with Crippen LogP contribution >= 0.6 is 0 Å². The van der Waals surface area contributed by atoms with Gasteiger partial charge in [0.05, 0.1) is 6.10 Å². The molecule has 1 saturated carbocycles. The van der Waals surface area contributed by atoms with Gasteiger partial charge in [0.15, 0.2) is 0 Å². The minimum atomic E-state index is 0.455. The van der Waals surface area contributed by atoms with E-state index in [1.807, 2.05) is 6.07 Å². The maximum absolute atomic E-state index is 5.86. The topological polar surface area (TPSA) is 21.3 Å². The fraction of sp³-hybridized carbons (Fsp3) is 0.294. The smallest absolute Gasteiger partial charge is 0.120 e. The first-order chi connectivity index (χ1) is 9.38. The molecule has 1 N–H and O–H groups in total. The number of benzene rings is 2. The van der Waals surface area contributed by atoms with E-state index in [2.05, 4.69) is 41.7 Å². The van der Waals surface area contributed by atoms with Crippen molar-refractivity contribution in [1.82, 2.24) is 0 Å². The number of rotatable bonds is 3. The van der Waals surface area contributed by atoms with Gasteiger partial charge in [-0.3, -0.25) is 0 Å². The molecule has 0 spiro atoms. The van der Waals surface area contributed by atoms with Crippen LogP contribution in [0, 0.1) is 0 Å². The molecule has 96 valence electrons. The molecule has 2 heteroatoms. The first-order valence-corrected chi connectivity index (χ1v) is 7.02. The molecule has 0 atom stereocenters. The Morgan fingerprint density at radius 2 is 1.89 bits per heavy atom. The maximum atomic E-state index is 5.86. The summed E-state index contributed by atoms with van der Waals surface area (Å²) < 4.78 is 5.86. The second-order valence-corrected chi connectivity index (χ2v) is 5.39. The zero-order valence-corrected chi connectivity index (χ0v) is 10.9. The van der Waals surface area contributed by atoms with Crippen molar-refractivity contribution in [2.24, 2.45) is 0 Å². The second kappa shape index (κ2) is 4.30. The minimum Gasteiger partial charge on any atom is -0.490 e. The van der Waals surface area contributed by atoms with Crippen LogP contribution in [-0.2, 0) is 6.42 Å². The van der Waals surface area contributed by atoms with E-state index in [9.17, 15) is 0 Å². The first kappa shape index (κ1) is 10.9. The molecule has 0 amide bonds. The number of ether oxygens (including phenoxy) is 1. The summed E-state index contributed by atoms with van der Waals surface area (Å²) in [5.41, 5.74) is 5.20. The molecule has 1 aliphatic heterocycles. The number of hydrogen-bond acceptors (Lipinski definition) is 2. The lowest BCUT2D eigenvalue weighted by atomic mass is 10.0. The van der Waals surface area contributed by atoms with E-state index in [0.717, 1.165) is 18.7 Å². The van der Waals surface area contributed by atoms with Crippen molar-refractivity contribution in [2.75, 3.05) is 11.9 Å². The van der Waals surface area contributed by atoms with Gasteiger partial charge in [-0.1, -0.05) is 24.3 Å². The molecule has 0 radical (unpaired) electrons. The highest BCUT2D eigenvalue weighted by atomic mass is 16.5. The fourth-order valence-electron chi connectivity index (χ4n) is 2.60. The normalized spacial score (nSPS) is 16.8. The molecule has 1 fully saturated rings. The molecule has 0 bridgehead atoms. The molecule has 2 aromatic rings.